The standard InChI is InChI=1S/C12H15BrN2O2/c13-8-5-6-10(14-7-8)12(17)15-9-3-1-2-4-11(9)16/h5-7,9,11,16H,1-4H2,(H,15,17)/t9-,11-/m0/s1. The molecule has 1 fully saturated rings. The molecule has 1 saturated carbocycles. The Morgan fingerprint density at radius 3 is 2.82 bits per heavy atom. The smallest absolute Gasteiger partial charge is 0.270 e. The molecule has 2 atom stereocenters. The number of hydrogen-bond donors (Lipinski definition) is 2. The molecule has 92 valence electrons. The first kappa shape index (κ1) is 12.5. The largest absolute Gasteiger partial charge is 0.391 e. The van der Waals surface area contributed by atoms with Crippen molar-refractivity contribution in [1.82, 2.24) is 10.3 Å². The van der Waals surface area contributed by atoms with Gasteiger partial charge >= 0.3 is 0 Å². The van der Waals surface area contributed by atoms with Crippen molar-refractivity contribution in [3.63, 3.8) is 0 Å². The number of amides is 1. The Balaban J connectivity index is 1.98. The predicted molar refractivity (Wildman–Crippen MR) is 67.7 cm³/mol. The molecule has 0 aliphatic heterocycles. The molecule has 1 aromatic rings. The van der Waals surface area contributed by atoms with Gasteiger partial charge in [-0.15, -0.1) is 0 Å². The summed E-state index contributed by atoms with van der Waals surface area (Å²) < 4.78 is 0.840. The zero-order chi connectivity index (χ0) is 12.3. The van der Waals surface area contributed by atoms with Crippen molar-refractivity contribution in [2.75, 3.05) is 0 Å². The zero-order valence-electron chi connectivity index (χ0n) is 9.40. The number of aromatic nitrogens is 1. The van der Waals surface area contributed by atoms with Gasteiger partial charge in [0.25, 0.3) is 5.91 Å². The summed E-state index contributed by atoms with van der Waals surface area (Å²) in [6.07, 6.45) is 4.84. The molecule has 2 N–H and O–H groups in total. The minimum atomic E-state index is -0.428. The first-order valence-electron chi connectivity index (χ1n) is 5.77. The molecule has 2 rings (SSSR count). The van der Waals surface area contributed by atoms with Crippen LogP contribution in [0.5, 0.6) is 0 Å². The maximum atomic E-state index is 11.9. The molecule has 17 heavy (non-hydrogen) atoms. The maximum Gasteiger partial charge on any atom is 0.270 e. The molecule has 5 heteroatoms. The number of aliphatic hydroxyl groups is 1. The Morgan fingerprint density at radius 1 is 1.41 bits per heavy atom. The summed E-state index contributed by atoms with van der Waals surface area (Å²) in [7, 11) is 0. The van der Waals surface area contributed by atoms with Crippen LogP contribution in [-0.4, -0.2) is 28.1 Å². The molecular formula is C12H15BrN2O2. The van der Waals surface area contributed by atoms with E-state index in [4.69, 9.17) is 0 Å². The van der Waals surface area contributed by atoms with E-state index in [1.165, 1.54) is 0 Å². The second-order valence-electron chi connectivity index (χ2n) is 4.29. The van der Waals surface area contributed by atoms with Gasteiger partial charge in [0.1, 0.15) is 5.69 Å². The van der Waals surface area contributed by atoms with E-state index in [0.29, 0.717) is 5.69 Å². The third-order valence-electron chi connectivity index (χ3n) is 3.01. The number of rotatable bonds is 2. The first-order chi connectivity index (χ1) is 8.16. The Bertz CT molecular complexity index is 394. The lowest BCUT2D eigenvalue weighted by Crippen LogP contribution is -2.45. The van der Waals surface area contributed by atoms with Crippen LogP contribution in [0.4, 0.5) is 0 Å². The van der Waals surface area contributed by atoms with Crippen molar-refractivity contribution in [3.8, 4) is 0 Å². The van der Waals surface area contributed by atoms with Crippen LogP contribution in [0.15, 0.2) is 22.8 Å². The molecule has 1 aliphatic carbocycles. The summed E-state index contributed by atoms with van der Waals surface area (Å²) in [5.74, 6) is -0.219. The van der Waals surface area contributed by atoms with Crippen LogP contribution >= 0.6 is 15.9 Å². The van der Waals surface area contributed by atoms with Crippen LogP contribution in [-0.2, 0) is 0 Å². The number of nitrogens with one attached hydrogen (secondary N) is 1. The fourth-order valence-corrected chi connectivity index (χ4v) is 2.27. The van der Waals surface area contributed by atoms with E-state index in [0.717, 1.165) is 30.2 Å². The van der Waals surface area contributed by atoms with Gasteiger partial charge in [0.15, 0.2) is 0 Å². The Kier molecular flexibility index (Phi) is 4.12. The molecule has 1 aromatic heterocycles. The van der Waals surface area contributed by atoms with Crippen molar-refractivity contribution < 1.29 is 9.90 Å². The molecule has 0 radical (unpaired) electrons. The lowest BCUT2D eigenvalue weighted by atomic mass is 9.92. The van der Waals surface area contributed by atoms with Gasteiger partial charge in [0, 0.05) is 10.7 Å². The van der Waals surface area contributed by atoms with Crippen molar-refractivity contribution in [3.05, 3.63) is 28.5 Å². The lowest BCUT2D eigenvalue weighted by molar-refractivity contribution is 0.0714. The lowest BCUT2D eigenvalue weighted by Gasteiger charge is -2.28. The number of pyridine rings is 1. The number of halogens is 1. The highest BCUT2D eigenvalue weighted by molar-refractivity contribution is 9.10. The average Bonchev–Trinajstić information content (AvgIpc) is 2.33. The fraction of sp³-hybridized carbons (Fsp3) is 0.500. The highest BCUT2D eigenvalue weighted by Crippen LogP contribution is 2.18. The zero-order valence-corrected chi connectivity index (χ0v) is 11.0. The van der Waals surface area contributed by atoms with Gasteiger partial charge in [-0.3, -0.25) is 4.79 Å². The molecule has 0 unspecified atom stereocenters. The minimum absolute atomic E-state index is 0.137. The van der Waals surface area contributed by atoms with E-state index in [1.54, 1.807) is 18.3 Å². The average molecular weight is 299 g/mol. The number of nitrogens with zero attached hydrogens (tertiary/aromatic N) is 1. The Labute approximate surface area is 109 Å². The predicted octanol–water partition coefficient (Wildman–Crippen LogP) is 1.88. The third kappa shape index (κ3) is 3.26. The highest BCUT2D eigenvalue weighted by atomic mass is 79.9. The summed E-state index contributed by atoms with van der Waals surface area (Å²) in [6, 6.07) is 3.30. The Morgan fingerprint density at radius 2 is 2.18 bits per heavy atom. The van der Waals surface area contributed by atoms with Gasteiger partial charge in [-0.25, -0.2) is 4.98 Å². The summed E-state index contributed by atoms with van der Waals surface area (Å²) >= 11 is 3.27. The molecule has 1 aliphatic rings. The topological polar surface area (TPSA) is 62.2 Å². The van der Waals surface area contributed by atoms with Crippen molar-refractivity contribution in [1.29, 1.82) is 0 Å². The van der Waals surface area contributed by atoms with E-state index in [9.17, 15) is 9.90 Å². The summed E-state index contributed by atoms with van der Waals surface area (Å²) in [4.78, 5) is 15.9. The molecular weight excluding hydrogens is 284 g/mol. The second-order valence-corrected chi connectivity index (χ2v) is 5.21. The normalized spacial score (nSPS) is 24.4. The van der Waals surface area contributed by atoms with E-state index in [-0.39, 0.29) is 11.9 Å². The van der Waals surface area contributed by atoms with Crippen molar-refractivity contribution in [2.24, 2.45) is 0 Å². The van der Waals surface area contributed by atoms with Gasteiger partial charge < -0.3 is 10.4 Å². The van der Waals surface area contributed by atoms with Crippen molar-refractivity contribution >= 4 is 21.8 Å². The molecule has 1 heterocycles. The fourth-order valence-electron chi connectivity index (χ4n) is 2.03. The molecule has 0 saturated heterocycles. The maximum absolute atomic E-state index is 11.9. The van der Waals surface area contributed by atoms with Crippen LogP contribution in [0.1, 0.15) is 36.2 Å². The van der Waals surface area contributed by atoms with E-state index in [1.807, 2.05) is 0 Å². The number of hydrogen-bond acceptors (Lipinski definition) is 3. The van der Waals surface area contributed by atoms with Crippen LogP contribution in [0, 0.1) is 0 Å². The van der Waals surface area contributed by atoms with Gasteiger partial charge in [0.05, 0.1) is 12.1 Å². The van der Waals surface area contributed by atoms with E-state index >= 15 is 0 Å². The third-order valence-corrected chi connectivity index (χ3v) is 3.48. The van der Waals surface area contributed by atoms with Crippen LogP contribution < -0.4 is 5.32 Å². The first-order valence-corrected chi connectivity index (χ1v) is 6.56. The number of carbonyl (C=O) groups is 1. The van der Waals surface area contributed by atoms with E-state index in [2.05, 4.69) is 26.2 Å². The summed E-state index contributed by atoms with van der Waals surface area (Å²) in [6.45, 7) is 0. The number of carbonyl (C=O) groups excluding carboxylic acids is 1. The van der Waals surface area contributed by atoms with Crippen LogP contribution in [0.3, 0.4) is 0 Å². The molecule has 0 aromatic carbocycles. The molecule has 0 spiro atoms. The van der Waals surface area contributed by atoms with Gasteiger partial charge in [-0.1, -0.05) is 12.8 Å². The van der Waals surface area contributed by atoms with Crippen molar-refractivity contribution in [2.45, 2.75) is 37.8 Å². The van der Waals surface area contributed by atoms with Gasteiger partial charge in [0.2, 0.25) is 0 Å². The SMILES string of the molecule is O=C(N[C@H]1CCCC[C@@H]1O)c1ccc(Br)cn1. The Hall–Kier alpha value is -0.940. The van der Waals surface area contributed by atoms with Gasteiger partial charge in [-0.2, -0.15) is 0 Å². The summed E-state index contributed by atoms with van der Waals surface area (Å²) in [5, 5.41) is 12.6. The van der Waals surface area contributed by atoms with E-state index < -0.39 is 6.10 Å². The van der Waals surface area contributed by atoms with Gasteiger partial charge in [-0.05, 0) is 40.9 Å². The number of aliphatic hydroxyl groups excluding tert-OH is 1. The minimum Gasteiger partial charge on any atom is -0.391 e. The molecule has 1 amide bonds. The summed E-state index contributed by atoms with van der Waals surface area (Å²) in [5.41, 5.74) is 0.381. The molecule has 4 nitrogen and oxygen atoms in total. The quantitative estimate of drug-likeness (QED) is 0.876. The highest BCUT2D eigenvalue weighted by Gasteiger charge is 2.25. The van der Waals surface area contributed by atoms with Crippen LogP contribution in [0.2, 0.25) is 0 Å². The molecule has 0 bridgehead atoms. The monoisotopic (exact) mass is 298 g/mol. The second kappa shape index (κ2) is 5.60. The van der Waals surface area contributed by atoms with Crippen LogP contribution in [0.25, 0.3) is 0 Å².